The summed E-state index contributed by atoms with van der Waals surface area (Å²) in [5, 5.41) is 20.5. The zero-order valence-electron chi connectivity index (χ0n) is 12.0. The molecule has 1 fully saturated rings. The number of hydrogen-bond acceptors (Lipinski definition) is 4. The Balaban J connectivity index is 2.39. The summed E-state index contributed by atoms with van der Waals surface area (Å²) in [6.45, 7) is 3.93. The predicted molar refractivity (Wildman–Crippen MR) is 73.9 cm³/mol. The van der Waals surface area contributed by atoms with Gasteiger partial charge in [-0.1, -0.05) is 13.3 Å². The number of hydrogen-bond donors (Lipinski definition) is 2. The van der Waals surface area contributed by atoms with E-state index in [4.69, 9.17) is 5.26 Å². The maximum absolute atomic E-state index is 11.6. The molecule has 1 aliphatic rings. The highest BCUT2D eigenvalue weighted by molar-refractivity contribution is 5.78. The van der Waals surface area contributed by atoms with Crippen molar-refractivity contribution in [3.8, 4) is 6.07 Å². The Morgan fingerprint density at radius 1 is 1.40 bits per heavy atom. The Hall–Kier alpha value is -1.61. The zero-order chi connectivity index (χ0) is 15.0. The summed E-state index contributed by atoms with van der Waals surface area (Å²) >= 11 is 0. The van der Waals surface area contributed by atoms with E-state index in [9.17, 15) is 14.7 Å². The molecule has 6 nitrogen and oxygen atoms in total. The van der Waals surface area contributed by atoms with Gasteiger partial charge >= 0.3 is 5.97 Å². The number of carboxylic acid groups (broad SMARTS) is 1. The van der Waals surface area contributed by atoms with Crippen LogP contribution in [-0.4, -0.2) is 48.1 Å². The molecule has 0 aromatic heterocycles. The number of carbonyl (C=O) groups excluding carboxylic acids is 1. The lowest BCUT2D eigenvalue weighted by molar-refractivity contribution is -0.152. The summed E-state index contributed by atoms with van der Waals surface area (Å²) in [6, 6.07) is 1.97. The first-order valence-corrected chi connectivity index (χ1v) is 7.13. The molecule has 20 heavy (non-hydrogen) atoms. The van der Waals surface area contributed by atoms with Crippen LogP contribution in [-0.2, 0) is 9.59 Å². The highest BCUT2D eigenvalue weighted by Gasteiger charge is 2.40. The summed E-state index contributed by atoms with van der Waals surface area (Å²) in [7, 11) is 0. The summed E-state index contributed by atoms with van der Waals surface area (Å²) < 4.78 is 0. The van der Waals surface area contributed by atoms with Gasteiger partial charge in [-0.2, -0.15) is 5.26 Å². The van der Waals surface area contributed by atoms with E-state index in [0.29, 0.717) is 45.3 Å². The van der Waals surface area contributed by atoms with E-state index in [1.54, 1.807) is 0 Å². The standard InChI is InChI=1S/C14H23N3O3/c1-2-4-14(13(19)20)5-9-17(10-6-14)11-12(18)16-8-3-7-15/h2-6,8-11H2,1H3,(H,16,18)(H,19,20). The Morgan fingerprint density at radius 2 is 2.05 bits per heavy atom. The van der Waals surface area contributed by atoms with Crippen LogP contribution in [0.25, 0.3) is 0 Å². The van der Waals surface area contributed by atoms with Gasteiger partial charge in [-0.15, -0.1) is 0 Å². The van der Waals surface area contributed by atoms with Crippen molar-refractivity contribution in [1.29, 1.82) is 5.26 Å². The minimum atomic E-state index is -0.711. The van der Waals surface area contributed by atoms with Gasteiger partial charge in [-0.25, -0.2) is 0 Å². The van der Waals surface area contributed by atoms with E-state index < -0.39 is 11.4 Å². The molecule has 0 atom stereocenters. The molecule has 1 rings (SSSR count). The molecule has 0 saturated carbocycles. The first-order valence-electron chi connectivity index (χ1n) is 7.13. The average molecular weight is 281 g/mol. The van der Waals surface area contributed by atoms with Gasteiger partial charge in [0.15, 0.2) is 0 Å². The van der Waals surface area contributed by atoms with E-state index >= 15 is 0 Å². The number of likely N-dealkylation sites (tertiary alicyclic amines) is 1. The number of nitriles is 1. The highest BCUT2D eigenvalue weighted by Crippen LogP contribution is 2.36. The van der Waals surface area contributed by atoms with Gasteiger partial charge < -0.3 is 10.4 Å². The van der Waals surface area contributed by atoms with Crippen molar-refractivity contribution in [1.82, 2.24) is 10.2 Å². The van der Waals surface area contributed by atoms with Crippen LogP contribution in [0.2, 0.25) is 0 Å². The number of nitrogens with zero attached hydrogens (tertiary/aromatic N) is 2. The van der Waals surface area contributed by atoms with E-state index in [0.717, 1.165) is 6.42 Å². The first kappa shape index (κ1) is 16.4. The van der Waals surface area contributed by atoms with E-state index in [1.807, 2.05) is 17.9 Å². The molecule has 0 bridgehead atoms. The van der Waals surface area contributed by atoms with Crippen molar-refractivity contribution in [3.63, 3.8) is 0 Å². The first-order chi connectivity index (χ1) is 9.54. The number of aliphatic carboxylic acids is 1. The lowest BCUT2D eigenvalue weighted by Gasteiger charge is -2.38. The Morgan fingerprint density at radius 3 is 2.55 bits per heavy atom. The topological polar surface area (TPSA) is 93.4 Å². The average Bonchev–Trinajstić information content (AvgIpc) is 2.41. The second kappa shape index (κ2) is 7.85. The van der Waals surface area contributed by atoms with Crippen LogP contribution in [0.4, 0.5) is 0 Å². The molecule has 2 N–H and O–H groups in total. The van der Waals surface area contributed by atoms with Gasteiger partial charge in [0.25, 0.3) is 0 Å². The predicted octanol–water partition coefficient (Wildman–Crippen LogP) is 0.983. The fourth-order valence-corrected chi connectivity index (χ4v) is 2.71. The molecular formula is C14H23N3O3. The Kier molecular flexibility index (Phi) is 6.46. The normalized spacial score (nSPS) is 18.2. The van der Waals surface area contributed by atoms with Gasteiger partial charge in [0.1, 0.15) is 0 Å². The number of piperidine rings is 1. The molecule has 1 amide bonds. The number of carbonyl (C=O) groups is 2. The van der Waals surface area contributed by atoms with Crippen molar-refractivity contribution in [2.45, 2.75) is 39.0 Å². The number of rotatable bonds is 7. The van der Waals surface area contributed by atoms with Crippen molar-refractivity contribution in [3.05, 3.63) is 0 Å². The third kappa shape index (κ3) is 4.49. The maximum Gasteiger partial charge on any atom is 0.309 e. The van der Waals surface area contributed by atoms with Crippen molar-refractivity contribution in [2.24, 2.45) is 5.41 Å². The third-order valence-corrected chi connectivity index (χ3v) is 3.92. The van der Waals surface area contributed by atoms with Crippen LogP contribution >= 0.6 is 0 Å². The zero-order valence-corrected chi connectivity index (χ0v) is 12.0. The number of nitrogens with one attached hydrogen (secondary N) is 1. The highest BCUT2D eigenvalue weighted by atomic mass is 16.4. The van der Waals surface area contributed by atoms with Crippen molar-refractivity contribution < 1.29 is 14.7 Å². The SMILES string of the molecule is CCCC1(C(=O)O)CCN(CC(=O)NCCC#N)CC1. The Labute approximate surface area is 119 Å². The van der Waals surface area contributed by atoms with Crippen LogP contribution in [0.3, 0.4) is 0 Å². The molecule has 0 unspecified atom stereocenters. The molecular weight excluding hydrogens is 258 g/mol. The maximum atomic E-state index is 11.6. The minimum absolute atomic E-state index is 0.0985. The molecule has 1 aliphatic heterocycles. The molecule has 1 heterocycles. The fraction of sp³-hybridized carbons (Fsp3) is 0.786. The summed E-state index contributed by atoms with van der Waals surface area (Å²) in [6.07, 6.45) is 3.07. The van der Waals surface area contributed by atoms with Crippen LogP contribution in [0.15, 0.2) is 0 Å². The van der Waals surface area contributed by atoms with Gasteiger partial charge in [0.2, 0.25) is 5.91 Å². The third-order valence-electron chi connectivity index (χ3n) is 3.92. The molecule has 0 spiro atoms. The second-order valence-corrected chi connectivity index (χ2v) is 5.37. The van der Waals surface area contributed by atoms with Gasteiger partial charge in [0.05, 0.1) is 24.4 Å². The van der Waals surface area contributed by atoms with Crippen LogP contribution in [0, 0.1) is 16.7 Å². The smallest absolute Gasteiger partial charge is 0.309 e. The van der Waals surface area contributed by atoms with Crippen molar-refractivity contribution >= 4 is 11.9 Å². The molecule has 0 aliphatic carbocycles. The van der Waals surface area contributed by atoms with Crippen LogP contribution in [0.5, 0.6) is 0 Å². The molecule has 0 aromatic rings. The number of amides is 1. The fourth-order valence-electron chi connectivity index (χ4n) is 2.71. The van der Waals surface area contributed by atoms with E-state index in [2.05, 4.69) is 5.32 Å². The molecule has 6 heteroatoms. The van der Waals surface area contributed by atoms with E-state index in [1.165, 1.54) is 0 Å². The van der Waals surface area contributed by atoms with E-state index in [-0.39, 0.29) is 12.5 Å². The van der Waals surface area contributed by atoms with Crippen molar-refractivity contribution in [2.75, 3.05) is 26.2 Å². The van der Waals surface area contributed by atoms with Crippen LogP contribution < -0.4 is 5.32 Å². The lowest BCUT2D eigenvalue weighted by Crippen LogP contribution is -2.47. The lowest BCUT2D eigenvalue weighted by atomic mass is 9.75. The summed E-state index contributed by atoms with van der Waals surface area (Å²) in [5.74, 6) is -0.809. The second-order valence-electron chi connectivity index (χ2n) is 5.37. The largest absolute Gasteiger partial charge is 0.481 e. The monoisotopic (exact) mass is 281 g/mol. The van der Waals surface area contributed by atoms with Crippen LogP contribution in [0.1, 0.15) is 39.0 Å². The summed E-state index contributed by atoms with van der Waals surface area (Å²) in [5.41, 5.74) is -0.609. The summed E-state index contributed by atoms with van der Waals surface area (Å²) in [4.78, 5) is 25.1. The van der Waals surface area contributed by atoms with Gasteiger partial charge in [-0.05, 0) is 32.4 Å². The molecule has 0 radical (unpaired) electrons. The van der Waals surface area contributed by atoms with Gasteiger partial charge in [-0.3, -0.25) is 14.5 Å². The molecule has 1 saturated heterocycles. The quantitative estimate of drug-likeness (QED) is 0.679. The Bertz CT molecular complexity index is 382. The van der Waals surface area contributed by atoms with Gasteiger partial charge in [0, 0.05) is 6.54 Å². The number of carboxylic acids is 1. The minimum Gasteiger partial charge on any atom is -0.481 e. The molecule has 0 aromatic carbocycles. The molecule has 112 valence electrons.